The zero-order chi connectivity index (χ0) is 12.4. The molecule has 0 atom stereocenters. The molecule has 1 aromatic carbocycles. The molecular weight excluding hydrogens is 244 g/mol. The van der Waals surface area contributed by atoms with Gasteiger partial charge in [0, 0.05) is 5.02 Å². The minimum atomic E-state index is -0.993. The van der Waals surface area contributed by atoms with Gasteiger partial charge in [-0.25, -0.2) is 0 Å². The number of hydrogen-bond acceptors (Lipinski definition) is 4. The summed E-state index contributed by atoms with van der Waals surface area (Å²) in [6.45, 7) is 1.88. The molecule has 6 nitrogen and oxygen atoms in total. The number of carbonyl (C=O) groups is 1. The van der Waals surface area contributed by atoms with E-state index in [1.54, 1.807) is 12.1 Å². The van der Waals surface area contributed by atoms with E-state index >= 15 is 0 Å². The van der Waals surface area contributed by atoms with Crippen molar-refractivity contribution in [2.24, 2.45) is 0 Å². The van der Waals surface area contributed by atoms with Gasteiger partial charge >= 0.3 is 5.97 Å². The van der Waals surface area contributed by atoms with Crippen LogP contribution in [0.4, 0.5) is 0 Å². The number of benzene rings is 1. The van der Waals surface area contributed by atoms with Crippen molar-refractivity contribution in [1.29, 1.82) is 0 Å². The van der Waals surface area contributed by atoms with Gasteiger partial charge in [0.15, 0.2) is 5.82 Å². The minimum absolute atomic E-state index is 0.164. The van der Waals surface area contributed by atoms with Crippen molar-refractivity contribution < 1.29 is 9.90 Å². The number of aromatic nitrogens is 4. The molecular formula is C10H9ClN4O2. The van der Waals surface area contributed by atoms with Crippen LogP contribution in [-0.4, -0.2) is 31.3 Å². The van der Waals surface area contributed by atoms with Crippen molar-refractivity contribution in [2.75, 3.05) is 0 Å². The predicted octanol–water partition coefficient (Wildman–Crippen LogP) is 1.25. The lowest BCUT2D eigenvalue weighted by Crippen LogP contribution is -2.04. The first-order valence-electron chi connectivity index (χ1n) is 4.83. The number of halogens is 1. The number of tetrazole rings is 1. The van der Waals surface area contributed by atoms with Gasteiger partial charge in [0.1, 0.15) is 6.42 Å². The summed E-state index contributed by atoms with van der Waals surface area (Å²) in [5.74, 6) is -0.829. The summed E-state index contributed by atoms with van der Waals surface area (Å²) in [5, 5.41) is 20.6. The Morgan fingerprint density at radius 1 is 1.53 bits per heavy atom. The summed E-state index contributed by atoms with van der Waals surface area (Å²) in [4.78, 5) is 11.8. The first kappa shape index (κ1) is 11.5. The molecule has 0 radical (unpaired) electrons. The number of rotatable bonds is 3. The number of carboxylic acids is 1. The van der Waals surface area contributed by atoms with Crippen LogP contribution in [0.5, 0.6) is 0 Å². The Labute approximate surface area is 102 Å². The zero-order valence-corrected chi connectivity index (χ0v) is 9.72. The van der Waals surface area contributed by atoms with Crippen LogP contribution < -0.4 is 0 Å². The largest absolute Gasteiger partial charge is 0.481 e. The first-order valence-corrected chi connectivity index (χ1v) is 5.21. The van der Waals surface area contributed by atoms with E-state index in [2.05, 4.69) is 15.4 Å². The Balaban J connectivity index is 2.36. The molecule has 88 valence electrons. The summed E-state index contributed by atoms with van der Waals surface area (Å²) >= 11 is 5.87. The van der Waals surface area contributed by atoms with Gasteiger partial charge in [-0.15, -0.1) is 15.0 Å². The number of aliphatic carboxylic acids is 1. The second kappa shape index (κ2) is 4.50. The van der Waals surface area contributed by atoms with Crippen LogP contribution in [0.25, 0.3) is 5.69 Å². The third-order valence-corrected chi connectivity index (χ3v) is 2.39. The smallest absolute Gasteiger partial charge is 0.311 e. The third-order valence-electron chi connectivity index (χ3n) is 2.15. The third kappa shape index (κ3) is 2.59. The highest BCUT2D eigenvalue weighted by Gasteiger charge is 2.10. The maximum Gasteiger partial charge on any atom is 0.311 e. The normalized spacial score (nSPS) is 10.5. The van der Waals surface area contributed by atoms with Crippen LogP contribution in [0.1, 0.15) is 11.4 Å². The summed E-state index contributed by atoms with van der Waals surface area (Å²) in [7, 11) is 0. The van der Waals surface area contributed by atoms with E-state index in [9.17, 15) is 4.79 Å². The van der Waals surface area contributed by atoms with Gasteiger partial charge in [-0.1, -0.05) is 17.7 Å². The van der Waals surface area contributed by atoms with Crippen LogP contribution in [0.15, 0.2) is 18.2 Å². The molecule has 2 rings (SSSR count). The zero-order valence-electron chi connectivity index (χ0n) is 8.96. The van der Waals surface area contributed by atoms with E-state index in [1.165, 1.54) is 4.80 Å². The van der Waals surface area contributed by atoms with Crippen molar-refractivity contribution in [3.05, 3.63) is 34.6 Å². The molecule has 0 fully saturated rings. The maximum absolute atomic E-state index is 10.5. The molecule has 7 heteroatoms. The van der Waals surface area contributed by atoms with Crippen LogP contribution in [0.2, 0.25) is 5.02 Å². The molecule has 2 aromatic rings. The molecule has 0 saturated carbocycles. The number of aryl methyl sites for hydroxylation is 1. The molecule has 0 unspecified atom stereocenters. The van der Waals surface area contributed by atoms with Crippen LogP contribution in [0, 0.1) is 6.92 Å². The molecule has 0 saturated heterocycles. The fourth-order valence-electron chi connectivity index (χ4n) is 1.35. The molecule has 0 amide bonds. The predicted molar refractivity (Wildman–Crippen MR) is 60.2 cm³/mol. The lowest BCUT2D eigenvalue weighted by atomic mass is 10.2. The van der Waals surface area contributed by atoms with Crippen molar-refractivity contribution in [3.63, 3.8) is 0 Å². The topological polar surface area (TPSA) is 80.9 Å². The highest BCUT2D eigenvalue weighted by Crippen LogP contribution is 2.17. The van der Waals surface area contributed by atoms with Gasteiger partial charge in [-0.05, 0) is 29.8 Å². The Bertz CT molecular complexity index is 567. The summed E-state index contributed by atoms with van der Waals surface area (Å²) in [6.07, 6.45) is -0.250. The SMILES string of the molecule is Cc1ccc(Cl)cc1-n1nnc(CC(=O)O)n1. The van der Waals surface area contributed by atoms with Crippen LogP contribution in [0.3, 0.4) is 0 Å². The highest BCUT2D eigenvalue weighted by atomic mass is 35.5. The molecule has 1 N–H and O–H groups in total. The molecule has 1 aromatic heterocycles. The first-order chi connectivity index (χ1) is 8.06. The van der Waals surface area contributed by atoms with Crippen molar-refractivity contribution >= 4 is 17.6 Å². The Hall–Kier alpha value is -1.95. The molecule has 1 heterocycles. The second-order valence-electron chi connectivity index (χ2n) is 3.50. The van der Waals surface area contributed by atoms with Gasteiger partial charge in [-0.2, -0.15) is 0 Å². The fraction of sp³-hybridized carbons (Fsp3) is 0.200. The van der Waals surface area contributed by atoms with Gasteiger partial charge in [0.2, 0.25) is 0 Å². The Kier molecular flexibility index (Phi) is 3.06. The quantitative estimate of drug-likeness (QED) is 0.889. The lowest BCUT2D eigenvalue weighted by Gasteiger charge is -2.03. The van der Waals surface area contributed by atoms with Gasteiger partial charge in [0.25, 0.3) is 0 Å². The molecule has 17 heavy (non-hydrogen) atoms. The van der Waals surface area contributed by atoms with E-state index in [0.717, 1.165) is 5.56 Å². The highest BCUT2D eigenvalue weighted by molar-refractivity contribution is 6.30. The van der Waals surface area contributed by atoms with Crippen molar-refractivity contribution in [2.45, 2.75) is 13.3 Å². The number of carboxylic acid groups (broad SMARTS) is 1. The molecule has 0 aliphatic rings. The van der Waals surface area contributed by atoms with Crippen molar-refractivity contribution in [3.8, 4) is 5.69 Å². The standard InChI is InChI=1S/C10H9ClN4O2/c1-6-2-3-7(11)4-8(6)15-13-9(12-14-15)5-10(16)17/h2-4H,5H2,1H3,(H,16,17). The summed E-state index contributed by atoms with van der Waals surface area (Å²) < 4.78 is 0. The maximum atomic E-state index is 10.5. The van der Waals surface area contributed by atoms with E-state index in [-0.39, 0.29) is 12.2 Å². The average Bonchev–Trinajstić information content (AvgIpc) is 2.69. The number of hydrogen-bond donors (Lipinski definition) is 1. The monoisotopic (exact) mass is 252 g/mol. The van der Waals surface area contributed by atoms with Gasteiger partial charge < -0.3 is 5.11 Å². The summed E-state index contributed by atoms with van der Waals surface area (Å²) in [6, 6.07) is 5.29. The Morgan fingerprint density at radius 2 is 2.29 bits per heavy atom. The Morgan fingerprint density at radius 3 is 3.00 bits per heavy atom. The van der Waals surface area contributed by atoms with Gasteiger partial charge in [-0.3, -0.25) is 4.79 Å². The van der Waals surface area contributed by atoms with Gasteiger partial charge in [0.05, 0.1) is 5.69 Å². The van der Waals surface area contributed by atoms with E-state index in [0.29, 0.717) is 10.7 Å². The molecule has 0 spiro atoms. The van der Waals surface area contributed by atoms with Crippen molar-refractivity contribution in [1.82, 2.24) is 20.2 Å². The molecule has 0 aliphatic carbocycles. The molecule has 0 aliphatic heterocycles. The van der Waals surface area contributed by atoms with Crippen LogP contribution in [-0.2, 0) is 11.2 Å². The van der Waals surface area contributed by atoms with E-state index in [1.807, 2.05) is 13.0 Å². The minimum Gasteiger partial charge on any atom is -0.481 e. The average molecular weight is 253 g/mol. The molecule has 0 bridgehead atoms. The summed E-state index contributed by atoms with van der Waals surface area (Å²) in [5.41, 5.74) is 1.61. The lowest BCUT2D eigenvalue weighted by molar-refractivity contribution is -0.136. The van der Waals surface area contributed by atoms with E-state index < -0.39 is 5.97 Å². The fourth-order valence-corrected chi connectivity index (χ4v) is 1.52. The van der Waals surface area contributed by atoms with Crippen LogP contribution >= 0.6 is 11.6 Å². The number of nitrogens with zero attached hydrogens (tertiary/aromatic N) is 4. The second-order valence-corrected chi connectivity index (χ2v) is 3.93. The van der Waals surface area contributed by atoms with E-state index in [4.69, 9.17) is 16.7 Å².